The second kappa shape index (κ2) is 11.6. The molecule has 2 N–H and O–H groups in total. The summed E-state index contributed by atoms with van der Waals surface area (Å²) in [5, 5.41) is 19.7. The Morgan fingerprint density at radius 2 is 1.60 bits per heavy atom. The molecule has 0 aliphatic heterocycles. The molecular formula is C24H34F2O3Si. The summed E-state index contributed by atoms with van der Waals surface area (Å²) >= 11 is 0. The van der Waals surface area contributed by atoms with Crippen LogP contribution in [0.2, 0.25) is 19.1 Å². The van der Waals surface area contributed by atoms with E-state index in [0.29, 0.717) is 12.2 Å². The molecule has 0 aromatic heterocycles. The van der Waals surface area contributed by atoms with Crippen molar-refractivity contribution in [3.63, 3.8) is 0 Å². The number of ether oxygens (including phenoxy) is 1. The molecule has 0 unspecified atom stereocenters. The van der Waals surface area contributed by atoms with Crippen molar-refractivity contribution < 1.29 is 23.7 Å². The van der Waals surface area contributed by atoms with Crippen LogP contribution < -0.4 is 9.92 Å². The SMILES string of the molecule is CCCCOc1ccc(-c2ccc([Si](C)(C)CCCC(CO)CO)cc2)c(F)c1F. The van der Waals surface area contributed by atoms with Gasteiger partial charge in [0.1, 0.15) is 0 Å². The minimum absolute atomic E-state index is 0.0116. The van der Waals surface area contributed by atoms with Gasteiger partial charge in [-0.1, -0.05) is 68.4 Å². The highest BCUT2D eigenvalue weighted by molar-refractivity contribution is 6.89. The maximum Gasteiger partial charge on any atom is 0.201 e. The van der Waals surface area contributed by atoms with Crippen molar-refractivity contribution in [1.82, 2.24) is 0 Å². The van der Waals surface area contributed by atoms with Crippen LogP contribution in [0.4, 0.5) is 8.78 Å². The molecule has 0 heterocycles. The predicted octanol–water partition coefficient (Wildman–Crippen LogP) is 5.11. The molecule has 0 radical (unpaired) electrons. The predicted molar refractivity (Wildman–Crippen MR) is 121 cm³/mol. The van der Waals surface area contributed by atoms with Crippen LogP contribution in [0, 0.1) is 17.6 Å². The molecule has 0 amide bonds. The lowest BCUT2D eigenvalue weighted by Gasteiger charge is -2.24. The van der Waals surface area contributed by atoms with E-state index in [0.717, 1.165) is 31.7 Å². The first-order valence-corrected chi connectivity index (χ1v) is 14.0. The molecular weight excluding hydrogens is 402 g/mol. The van der Waals surface area contributed by atoms with Crippen molar-refractivity contribution >= 4 is 13.3 Å². The summed E-state index contributed by atoms with van der Waals surface area (Å²) in [6.07, 6.45) is 3.48. The quantitative estimate of drug-likeness (QED) is 0.359. The molecule has 0 bridgehead atoms. The highest BCUT2D eigenvalue weighted by atomic mass is 28.3. The third-order valence-electron chi connectivity index (χ3n) is 5.71. The second-order valence-corrected chi connectivity index (χ2v) is 13.4. The number of aliphatic hydroxyl groups is 2. The Balaban J connectivity index is 2.10. The Kier molecular flexibility index (Phi) is 9.46. The molecule has 3 nitrogen and oxygen atoms in total. The molecule has 2 rings (SSSR count). The van der Waals surface area contributed by atoms with Crippen LogP contribution in [0.1, 0.15) is 32.6 Å². The van der Waals surface area contributed by atoms with E-state index in [9.17, 15) is 19.0 Å². The fourth-order valence-electron chi connectivity index (χ4n) is 3.51. The lowest BCUT2D eigenvalue weighted by atomic mass is 10.0. The lowest BCUT2D eigenvalue weighted by molar-refractivity contribution is 0.143. The molecule has 166 valence electrons. The highest BCUT2D eigenvalue weighted by Gasteiger charge is 2.24. The largest absolute Gasteiger partial charge is 0.490 e. The number of aliphatic hydroxyl groups excluding tert-OH is 2. The Morgan fingerprint density at radius 3 is 2.20 bits per heavy atom. The Morgan fingerprint density at radius 1 is 0.933 bits per heavy atom. The van der Waals surface area contributed by atoms with Crippen LogP contribution in [0.15, 0.2) is 36.4 Å². The normalized spacial score (nSPS) is 11.9. The third-order valence-corrected chi connectivity index (χ3v) is 9.21. The summed E-state index contributed by atoms with van der Waals surface area (Å²) in [4.78, 5) is 0. The van der Waals surface area contributed by atoms with Crippen molar-refractivity contribution in [2.75, 3.05) is 19.8 Å². The molecule has 0 saturated carbocycles. The summed E-state index contributed by atoms with van der Waals surface area (Å²) in [7, 11) is -1.70. The maximum atomic E-state index is 14.6. The van der Waals surface area contributed by atoms with Crippen molar-refractivity contribution in [3.05, 3.63) is 48.0 Å². The first-order chi connectivity index (χ1) is 14.3. The number of halogens is 2. The molecule has 0 aliphatic carbocycles. The van der Waals surface area contributed by atoms with Gasteiger partial charge in [-0.15, -0.1) is 0 Å². The molecule has 0 aliphatic rings. The Bertz CT molecular complexity index is 790. The second-order valence-electron chi connectivity index (χ2n) is 8.53. The number of hydrogen-bond acceptors (Lipinski definition) is 3. The van der Waals surface area contributed by atoms with Gasteiger partial charge in [-0.2, -0.15) is 4.39 Å². The van der Waals surface area contributed by atoms with Crippen LogP contribution in [-0.2, 0) is 0 Å². The molecule has 0 spiro atoms. The first kappa shape index (κ1) is 24.5. The summed E-state index contributed by atoms with van der Waals surface area (Å²) in [5.41, 5.74) is 0.871. The fraction of sp³-hybridized carbons (Fsp3) is 0.500. The van der Waals surface area contributed by atoms with Crippen molar-refractivity contribution in [2.24, 2.45) is 5.92 Å². The van der Waals surface area contributed by atoms with Gasteiger partial charge in [-0.25, -0.2) is 4.39 Å². The van der Waals surface area contributed by atoms with Gasteiger partial charge in [0.2, 0.25) is 5.82 Å². The highest BCUT2D eigenvalue weighted by Crippen LogP contribution is 2.30. The van der Waals surface area contributed by atoms with Gasteiger partial charge in [0.25, 0.3) is 0 Å². The van der Waals surface area contributed by atoms with E-state index < -0.39 is 19.7 Å². The van der Waals surface area contributed by atoms with Crippen LogP contribution in [-0.4, -0.2) is 38.1 Å². The molecule has 6 heteroatoms. The van der Waals surface area contributed by atoms with E-state index in [1.54, 1.807) is 6.07 Å². The molecule has 30 heavy (non-hydrogen) atoms. The monoisotopic (exact) mass is 436 g/mol. The summed E-state index contributed by atoms with van der Waals surface area (Å²) in [6.45, 7) is 6.96. The van der Waals surface area contributed by atoms with Crippen molar-refractivity contribution in [3.8, 4) is 16.9 Å². The van der Waals surface area contributed by atoms with E-state index >= 15 is 0 Å². The zero-order chi connectivity index (χ0) is 22.1. The summed E-state index contributed by atoms with van der Waals surface area (Å²) in [6, 6.07) is 11.8. The minimum atomic E-state index is -1.70. The fourth-order valence-corrected chi connectivity index (χ4v) is 5.96. The van der Waals surface area contributed by atoms with E-state index in [1.165, 1.54) is 11.3 Å². The summed E-state index contributed by atoms with van der Waals surface area (Å²) in [5.74, 6) is -1.92. The van der Waals surface area contributed by atoms with Crippen LogP contribution in [0.25, 0.3) is 11.1 Å². The van der Waals surface area contributed by atoms with Gasteiger partial charge in [0.05, 0.1) is 14.7 Å². The molecule has 0 atom stereocenters. The van der Waals surface area contributed by atoms with E-state index in [4.69, 9.17) is 4.74 Å². The standard InChI is InChI=1S/C24H34F2O3Si/c1-4-5-14-29-22-13-12-21(23(25)24(22)26)19-8-10-20(11-9-19)30(2,3)15-6-7-18(16-27)17-28/h8-13,18,27-28H,4-7,14-17H2,1-3H3. The smallest absolute Gasteiger partial charge is 0.201 e. The Hall–Kier alpha value is -1.76. The number of hydrogen-bond donors (Lipinski definition) is 2. The van der Waals surface area contributed by atoms with Gasteiger partial charge in [-0.3, -0.25) is 0 Å². The Labute approximate surface area is 179 Å². The molecule has 2 aromatic carbocycles. The van der Waals surface area contributed by atoms with Gasteiger partial charge in [-0.05, 0) is 30.5 Å². The van der Waals surface area contributed by atoms with Crippen LogP contribution in [0.3, 0.4) is 0 Å². The molecule has 2 aromatic rings. The number of benzene rings is 2. The topological polar surface area (TPSA) is 49.7 Å². The minimum Gasteiger partial charge on any atom is -0.490 e. The average molecular weight is 437 g/mol. The zero-order valence-corrected chi connectivity index (χ0v) is 19.3. The molecule has 0 fully saturated rings. The van der Waals surface area contributed by atoms with Gasteiger partial charge < -0.3 is 14.9 Å². The van der Waals surface area contributed by atoms with E-state index in [1.807, 2.05) is 31.2 Å². The van der Waals surface area contributed by atoms with Gasteiger partial charge in [0.15, 0.2) is 11.6 Å². The summed E-state index contributed by atoms with van der Waals surface area (Å²) < 4.78 is 34.3. The van der Waals surface area contributed by atoms with E-state index in [2.05, 4.69) is 13.1 Å². The van der Waals surface area contributed by atoms with Crippen LogP contribution >= 0.6 is 0 Å². The number of rotatable bonds is 12. The van der Waals surface area contributed by atoms with Gasteiger partial charge >= 0.3 is 0 Å². The first-order valence-electron chi connectivity index (χ1n) is 10.8. The third kappa shape index (κ3) is 6.37. The van der Waals surface area contributed by atoms with Gasteiger partial charge in [0, 0.05) is 24.7 Å². The number of unbranched alkanes of at least 4 members (excludes halogenated alkanes) is 1. The zero-order valence-electron chi connectivity index (χ0n) is 18.3. The average Bonchev–Trinajstić information content (AvgIpc) is 2.74. The molecule has 0 saturated heterocycles. The van der Waals surface area contributed by atoms with Crippen molar-refractivity contribution in [2.45, 2.75) is 51.7 Å². The van der Waals surface area contributed by atoms with Crippen molar-refractivity contribution in [1.29, 1.82) is 0 Å². The van der Waals surface area contributed by atoms with Crippen LogP contribution in [0.5, 0.6) is 5.75 Å². The van der Waals surface area contributed by atoms with E-state index in [-0.39, 0.29) is 30.4 Å². The maximum absolute atomic E-state index is 14.6. The lowest BCUT2D eigenvalue weighted by Crippen LogP contribution is -2.41.